The number of halogens is 4. The third kappa shape index (κ3) is 5.43. The number of alkyl halides is 3. The van der Waals surface area contributed by atoms with Crippen LogP contribution in [0.2, 0.25) is 5.02 Å². The fourth-order valence-electron chi connectivity index (χ4n) is 3.01. The summed E-state index contributed by atoms with van der Waals surface area (Å²) in [6.45, 7) is 0. The minimum absolute atomic E-state index is 0.00765. The van der Waals surface area contributed by atoms with Crippen LogP contribution in [0.15, 0.2) is 47.6 Å². The minimum atomic E-state index is -4.56. The van der Waals surface area contributed by atoms with Crippen molar-refractivity contribution in [1.82, 2.24) is 4.98 Å². The Morgan fingerprint density at radius 2 is 1.97 bits per heavy atom. The molecule has 1 aromatic heterocycles. The van der Waals surface area contributed by atoms with Gasteiger partial charge < -0.3 is 4.90 Å². The first-order valence-corrected chi connectivity index (χ1v) is 11.7. The quantitative estimate of drug-likeness (QED) is 0.624. The number of rotatable bonds is 5. The Kier molecular flexibility index (Phi) is 6.45. The van der Waals surface area contributed by atoms with Crippen molar-refractivity contribution in [2.24, 2.45) is 0 Å². The molecule has 1 atom stereocenters. The normalized spacial score (nSPS) is 18.6. The first-order valence-electron chi connectivity index (χ1n) is 8.50. The van der Waals surface area contributed by atoms with Crippen molar-refractivity contribution in [1.29, 1.82) is 0 Å². The standard InChI is InChI=1S/C18H16ClF3N2O3S2/c19-15-8-12(18(20,21)22)9-23-17(15)28-10-16(25)24(13-4-2-1-3-5-13)14-6-7-29(26,27)11-14/h1-5,8-9,14H,6-7,10-11H2/t14-/m1/s1. The highest BCUT2D eigenvalue weighted by Crippen LogP contribution is 2.34. The largest absolute Gasteiger partial charge is 0.417 e. The molecule has 11 heteroatoms. The van der Waals surface area contributed by atoms with Crippen molar-refractivity contribution in [3.8, 4) is 0 Å². The Morgan fingerprint density at radius 3 is 2.52 bits per heavy atom. The molecule has 0 bridgehead atoms. The molecule has 2 aromatic rings. The molecular weight excluding hydrogens is 449 g/mol. The molecule has 1 aliphatic rings. The summed E-state index contributed by atoms with van der Waals surface area (Å²) < 4.78 is 61.9. The van der Waals surface area contributed by atoms with Crippen LogP contribution < -0.4 is 4.90 Å². The number of sulfone groups is 1. The fraction of sp³-hybridized carbons (Fsp3) is 0.333. The predicted octanol–water partition coefficient (Wildman–Crippen LogP) is 4.07. The number of thioether (sulfide) groups is 1. The van der Waals surface area contributed by atoms with E-state index in [1.165, 1.54) is 4.90 Å². The average Bonchev–Trinajstić information content (AvgIpc) is 3.00. The molecule has 0 aliphatic carbocycles. The van der Waals surface area contributed by atoms with E-state index in [0.717, 1.165) is 17.8 Å². The van der Waals surface area contributed by atoms with Gasteiger partial charge >= 0.3 is 6.18 Å². The number of aromatic nitrogens is 1. The molecule has 1 saturated heterocycles. The van der Waals surface area contributed by atoms with E-state index in [4.69, 9.17) is 11.6 Å². The van der Waals surface area contributed by atoms with Crippen LogP contribution in [-0.2, 0) is 20.8 Å². The highest BCUT2D eigenvalue weighted by atomic mass is 35.5. The Morgan fingerprint density at radius 1 is 1.28 bits per heavy atom. The van der Waals surface area contributed by atoms with Crippen molar-refractivity contribution in [2.45, 2.75) is 23.7 Å². The second-order valence-corrected chi connectivity index (χ2v) is 10.1. The molecular formula is C18H16ClF3N2O3S2. The number of anilines is 1. The summed E-state index contributed by atoms with van der Waals surface area (Å²) in [7, 11) is -3.22. The number of amides is 1. The number of hydrogen-bond acceptors (Lipinski definition) is 5. The van der Waals surface area contributed by atoms with E-state index in [-0.39, 0.29) is 33.2 Å². The molecule has 5 nitrogen and oxygen atoms in total. The summed E-state index contributed by atoms with van der Waals surface area (Å²) in [5, 5.41) is -0.104. The lowest BCUT2D eigenvalue weighted by molar-refractivity contribution is -0.137. The molecule has 2 heterocycles. The summed E-state index contributed by atoms with van der Waals surface area (Å²) >= 11 is 6.80. The van der Waals surface area contributed by atoms with Crippen LogP contribution in [0.4, 0.5) is 18.9 Å². The molecule has 3 rings (SSSR count). The van der Waals surface area contributed by atoms with Crippen LogP contribution in [0.1, 0.15) is 12.0 Å². The average molecular weight is 465 g/mol. The van der Waals surface area contributed by atoms with Gasteiger partial charge in [-0.2, -0.15) is 13.2 Å². The number of pyridine rings is 1. The molecule has 0 unspecified atom stereocenters. The lowest BCUT2D eigenvalue weighted by Crippen LogP contribution is -2.42. The van der Waals surface area contributed by atoms with E-state index < -0.39 is 27.6 Å². The highest BCUT2D eigenvalue weighted by molar-refractivity contribution is 8.00. The maximum absolute atomic E-state index is 12.9. The maximum atomic E-state index is 12.9. The van der Waals surface area contributed by atoms with E-state index in [1.54, 1.807) is 30.3 Å². The van der Waals surface area contributed by atoms with Gasteiger partial charge in [-0.05, 0) is 24.6 Å². The number of nitrogens with zero attached hydrogens (tertiary/aromatic N) is 2. The summed E-state index contributed by atoms with van der Waals surface area (Å²) in [6, 6.07) is 8.93. The molecule has 1 aliphatic heterocycles. The SMILES string of the molecule is O=C(CSc1ncc(C(F)(F)F)cc1Cl)N(c1ccccc1)[C@@H]1CCS(=O)(=O)C1. The summed E-state index contributed by atoms with van der Waals surface area (Å²) in [5.41, 5.74) is -0.410. The predicted molar refractivity (Wildman–Crippen MR) is 106 cm³/mol. The van der Waals surface area contributed by atoms with Gasteiger partial charge in [-0.25, -0.2) is 13.4 Å². The van der Waals surface area contributed by atoms with Gasteiger partial charge in [0.05, 0.1) is 33.9 Å². The second-order valence-electron chi connectivity index (χ2n) is 6.45. The molecule has 1 fully saturated rings. The van der Waals surface area contributed by atoms with Crippen molar-refractivity contribution in [3.63, 3.8) is 0 Å². The Balaban J connectivity index is 1.77. The van der Waals surface area contributed by atoms with Gasteiger partial charge in [0, 0.05) is 11.9 Å². The van der Waals surface area contributed by atoms with E-state index >= 15 is 0 Å². The van der Waals surface area contributed by atoms with Crippen LogP contribution >= 0.6 is 23.4 Å². The monoisotopic (exact) mass is 464 g/mol. The molecule has 0 spiro atoms. The zero-order valence-corrected chi connectivity index (χ0v) is 17.3. The number of carbonyl (C=O) groups excluding carboxylic acids is 1. The molecule has 29 heavy (non-hydrogen) atoms. The second kappa shape index (κ2) is 8.53. The van der Waals surface area contributed by atoms with Gasteiger partial charge in [0.25, 0.3) is 0 Å². The molecule has 1 aromatic carbocycles. The zero-order chi connectivity index (χ0) is 21.2. The van der Waals surface area contributed by atoms with Crippen molar-refractivity contribution in [2.75, 3.05) is 22.2 Å². The number of benzene rings is 1. The van der Waals surface area contributed by atoms with E-state index in [9.17, 15) is 26.4 Å². The smallest absolute Gasteiger partial charge is 0.308 e. The lowest BCUT2D eigenvalue weighted by Gasteiger charge is -2.28. The van der Waals surface area contributed by atoms with Gasteiger partial charge in [0.2, 0.25) is 5.91 Å². The van der Waals surface area contributed by atoms with Crippen LogP contribution in [-0.4, -0.2) is 42.6 Å². The van der Waals surface area contributed by atoms with Crippen molar-refractivity contribution < 1.29 is 26.4 Å². The Bertz CT molecular complexity index is 1000. The van der Waals surface area contributed by atoms with Gasteiger partial charge in [-0.3, -0.25) is 4.79 Å². The van der Waals surface area contributed by atoms with Crippen molar-refractivity contribution in [3.05, 3.63) is 53.2 Å². The number of para-hydroxylation sites is 1. The van der Waals surface area contributed by atoms with Gasteiger partial charge in [-0.15, -0.1) is 0 Å². The first kappa shape index (κ1) is 21.9. The summed E-state index contributed by atoms with van der Waals surface area (Å²) in [5.74, 6) is -0.643. The lowest BCUT2D eigenvalue weighted by atomic mass is 10.2. The third-order valence-corrected chi connectivity index (χ3v) is 7.48. The zero-order valence-electron chi connectivity index (χ0n) is 14.9. The molecule has 156 valence electrons. The van der Waals surface area contributed by atoms with Crippen LogP contribution in [0.5, 0.6) is 0 Å². The molecule has 1 amide bonds. The summed E-state index contributed by atoms with van der Waals surface area (Å²) in [6.07, 6.45) is -3.57. The van der Waals surface area contributed by atoms with Crippen molar-refractivity contribution >= 4 is 44.8 Å². The minimum Gasteiger partial charge on any atom is -0.308 e. The maximum Gasteiger partial charge on any atom is 0.417 e. The highest BCUT2D eigenvalue weighted by Gasteiger charge is 2.36. The summed E-state index contributed by atoms with van der Waals surface area (Å²) in [4.78, 5) is 18.1. The number of hydrogen-bond donors (Lipinski definition) is 0. The van der Waals surface area contributed by atoms with E-state index in [2.05, 4.69) is 4.98 Å². The first-order chi connectivity index (χ1) is 13.6. The van der Waals surface area contributed by atoms with Crippen LogP contribution in [0.25, 0.3) is 0 Å². The van der Waals surface area contributed by atoms with Gasteiger partial charge in [-0.1, -0.05) is 41.6 Å². The van der Waals surface area contributed by atoms with Gasteiger partial charge in [0.1, 0.15) is 5.03 Å². The molecule has 0 saturated carbocycles. The van der Waals surface area contributed by atoms with Crippen LogP contribution in [0, 0.1) is 0 Å². The fourth-order valence-corrected chi connectivity index (χ4v) is 5.77. The molecule has 0 N–H and O–H groups in total. The Labute approximate surface area is 175 Å². The third-order valence-electron chi connectivity index (χ3n) is 4.34. The Hall–Kier alpha value is -1.78. The topological polar surface area (TPSA) is 67.3 Å². The van der Waals surface area contributed by atoms with Gasteiger partial charge in [0.15, 0.2) is 9.84 Å². The molecule has 0 radical (unpaired) electrons. The number of carbonyl (C=O) groups is 1. The van der Waals surface area contributed by atoms with E-state index in [0.29, 0.717) is 18.3 Å². The van der Waals surface area contributed by atoms with Crippen LogP contribution in [0.3, 0.4) is 0 Å². The van der Waals surface area contributed by atoms with E-state index in [1.807, 2.05) is 0 Å².